The van der Waals surface area contributed by atoms with Crippen LogP contribution in [0.25, 0.3) is 0 Å². The van der Waals surface area contributed by atoms with E-state index >= 15 is 0 Å². The number of nitrogens with zero attached hydrogens (tertiary/aromatic N) is 1. The van der Waals surface area contributed by atoms with E-state index in [1.165, 1.54) is 17.8 Å². The van der Waals surface area contributed by atoms with Crippen LogP contribution >= 0.6 is 27.3 Å². The van der Waals surface area contributed by atoms with Crippen LogP contribution in [-0.4, -0.2) is 36.5 Å². The molecule has 0 saturated carbocycles. The molecule has 1 aromatic rings. The number of halogens is 1. The molecule has 0 aromatic carbocycles. The quantitative estimate of drug-likeness (QED) is 0.920. The fourth-order valence-corrected chi connectivity index (χ4v) is 3.56. The average Bonchev–Trinajstić information content (AvgIpc) is 2.94. The summed E-state index contributed by atoms with van der Waals surface area (Å²) in [6.07, 6.45) is 1.19. The van der Waals surface area contributed by atoms with Crippen molar-refractivity contribution < 1.29 is 4.79 Å². The molecule has 0 aliphatic carbocycles. The van der Waals surface area contributed by atoms with Crippen molar-refractivity contribution in [2.24, 2.45) is 5.92 Å². The number of likely N-dealkylation sites (tertiary alicyclic amines) is 1. The Hall–Kier alpha value is -0.390. The van der Waals surface area contributed by atoms with Gasteiger partial charge in [-0.1, -0.05) is 0 Å². The van der Waals surface area contributed by atoms with E-state index in [-0.39, 0.29) is 5.91 Å². The minimum absolute atomic E-state index is 0.0497. The second-order valence-corrected chi connectivity index (χ2v) is 7.52. The molecule has 1 atom stereocenters. The van der Waals surface area contributed by atoms with Crippen molar-refractivity contribution in [1.29, 1.82) is 0 Å². The fraction of sp³-hybridized carbons (Fsp3) is 0.615. The van der Waals surface area contributed by atoms with Gasteiger partial charge in [0.1, 0.15) is 0 Å². The molecule has 100 valence electrons. The van der Waals surface area contributed by atoms with Gasteiger partial charge in [-0.3, -0.25) is 4.79 Å². The molecule has 18 heavy (non-hydrogen) atoms. The maximum absolute atomic E-state index is 11.9. The Morgan fingerprint density at radius 3 is 2.94 bits per heavy atom. The summed E-state index contributed by atoms with van der Waals surface area (Å²) in [7, 11) is 0. The summed E-state index contributed by atoms with van der Waals surface area (Å²) in [5.41, 5.74) is 0. The maximum Gasteiger partial charge on any atom is 0.261 e. The number of hydrogen-bond acceptors (Lipinski definition) is 3. The van der Waals surface area contributed by atoms with Crippen LogP contribution in [0.1, 0.15) is 29.9 Å². The Morgan fingerprint density at radius 2 is 2.39 bits per heavy atom. The van der Waals surface area contributed by atoms with Gasteiger partial charge in [-0.05, 0) is 60.8 Å². The lowest BCUT2D eigenvalue weighted by Crippen LogP contribution is -2.32. The van der Waals surface area contributed by atoms with E-state index in [4.69, 9.17) is 0 Å². The standard InChI is InChI=1S/C13H19BrN2OS/c1-9(2)16-6-5-10(8-16)7-15-13(17)11-3-4-12(14)18-11/h3-4,9-10H,5-8H2,1-2H3,(H,15,17). The average molecular weight is 331 g/mol. The lowest BCUT2D eigenvalue weighted by atomic mass is 10.1. The minimum Gasteiger partial charge on any atom is -0.351 e. The summed E-state index contributed by atoms with van der Waals surface area (Å²) in [6, 6.07) is 4.38. The zero-order chi connectivity index (χ0) is 13.1. The van der Waals surface area contributed by atoms with E-state index in [1.54, 1.807) is 0 Å². The number of carbonyl (C=O) groups is 1. The third-order valence-corrected chi connectivity index (χ3v) is 5.02. The van der Waals surface area contributed by atoms with Crippen LogP contribution in [0.4, 0.5) is 0 Å². The van der Waals surface area contributed by atoms with Gasteiger partial charge in [0.2, 0.25) is 0 Å². The van der Waals surface area contributed by atoms with E-state index in [2.05, 4.69) is 40.0 Å². The van der Waals surface area contributed by atoms with Crippen molar-refractivity contribution in [1.82, 2.24) is 10.2 Å². The highest BCUT2D eigenvalue weighted by Gasteiger charge is 2.24. The number of hydrogen-bond donors (Lipinski definition) is 1. The van der Waals surface area contributed by atoms with Crippen LogP contribution in [0.15, 0.2) is 15.9 Å². The van der Waals surface area contributed by atoms with E-state index < -0.39 is 0 Å². The third kappa shape index (κ3) is 3.56. The largest absolute Gasteiger partial charge is 0.351 e. The number of thiophene rings is 1. The van der Waals surface area contributed by atoms with Crippen LogP contribution < -0.4 is 5.32 Å². The van der Waals surface area contributed by atoms with Crippen molar-refractivity contribution in [3.05, 3.63) is 20.8 Å². The van der Waals surface area contributed by atoms with Gasteiger partial charge < -0.3 is 10.2 Å². The zero-order valence-electron chi connectivity index (χ0n) is 10.8. The van der Waals surface area contributed by atoms with Gasteiger partial charge in [0.15, 0.2) is 0 Å². The molecular weight excluding hydrogens is 312 g/mol. The first-order valence-corrected chi connectivity index (χ1v) is 7.95. The number of rotatable bonds is 4. The van der Waals surface area contributed by atoms with Crippen molar-refractivity contribution in [3.8, 4) is 0 Å². The van der Waals surface area contributed by atoms with Gasteiger partial charge in [0.25, 0.3) is 5.91 Å². The lowest BCUT2D eigenvalue weighted by molar-refractivity contribution is 0.0951. The monoisotopic (exact) mass is 330 g/mol. The Morgan fingerprint density at radius 1 is 1.61 bits per heavy atom. The van der Waals surface area contributed by atoms with Crippen LogP contribution in [0.5, 0.6) is 0 Å². The summed E-state index contributed by atoms with van der Waals surface area (Å²) in [5.74, 6) is 0.647. The van der Waals surface area contributed by atoms with Crippen LogP contribution in [0.2, 0.25) is 0 Å². The smallest absolute Gasteiger partial charge is 0.261 e. The van der Waals surface area contributed by atoms with Crippen LogP contribution in [-0.2, 0) is 0 Å². The highest BCUT2D eigenvalue weighted by atomic mass is 79.9. The van der Waals surface area contributed by atoms with E-state index in [9.17, 15) is 4.79 Å². The number of amides is 1. The number of nitrogens with one attached hydrogen (secondary N) is 1. The summed E-state index contributed by atoms with van der Waals surface area (Å²) in [6.45, 7) is 7.50. The molecule has 0 bridgehead atoms. The van der Waals surface area contributed by atoms with Gasteiger partial charge in [-0.25, -0.2) is 0 Å². The normalized spacial score (nSPS) is 20.6. The van der Waals surface area contributed by atoms with E-state index in [0.717, 1.165) is 28.3 Å². The maximum atomic E-state index is 11.9. The predicted molar refractivity (Wildman–Crippen MR) is 79.2 cm³/mol. The van der Waals surface area contributed by atoms with Gasteiger partial charge >= 0.3 is 0 Å². The predicted octanol–water partition coefficient (Wildman–Crippen LogP) is 2.97. The van der Waals surface area contributed by atoms with Crippen molar-refractivity contribution >= 4 is 33.2 Å². The van der Waals surface area contributed by atoms with Gasteiger partial charge in [-0.2, -0.15) is 0 Å². The lowest BCUT2D eigenvalue weighted by Gasteiger charge is -2.20. The zero-order valence-corrected chi connectivity index (χ0v) is 13.2. The van der Waals surface area contributed by atoms with Gasteiger partial charge in [-0.15, -0.1) is 11.3 Å². The van der Waals surface area contributed by atoms with Crippen molar-refractivity contribution in [3.63, 3.8) is 0 Å². The first kappa shape index (κ1) is 14.0. The summed E-state index contributed by atoms with van der Waals surface area (Å²) >= 11 is 4.85. The Bertz CT molecular complexity index is 419. The van der Waals surface area contributed by atoms with Gasteiger partial charge in [0.05, 0.1) is 8.66 Å². The first-order chi connectivity index (χ1) is 8.56. The second kappa shape index (κ2) is 6.17. The van der Waals surface area contributed by atoms with Gasteiger partial charge in [0, 0.05) is 19.1 Å². The molecule has 5 heteroatoms. The molecule has 1 aromatic heterocycles. The minimum atomic E-state index is 0.0497. The fourth-order valence-electron chi connectivity index (χ4n) is 2.26. The summed E-state index contributed by atoms with van der Waals surface area (Å²) in [5, 5.41) is 3.04. The molecule has 1 fully saturated rings. The molecule has 1 saturated heterocycles. The Balaban J connectivity index is 1.77. The topological polar surface area (TPSA) is 32.3 Å². The number of carbonyl (C=O) groups excluding carboxylic acids is 1. The molecule has 1 aliphatic rings. The molecule has 0 radical (unpaired) electrons. The third-order valence-electron chi connectivity index (χ3n) is 3.40. The first-order valence-electron chi connectivity index (χ1n) is 6.34. The molecule has 1 aliphatic heterocycles. The summed E-state index contributed by atoms with van der Waals surface area (Å²) < 4.78 is 1.000. The highest BCUT2D eigenvalue weighted by molar-refractivity contribution is 9.11. The molecule has 2 heterocycles. The van der Waals surface area contributed by atoms with Crippen LogP contribution in [0, 0.1) is 5.92 Å². The van der Waals surface area contributed by atoms with Crippen molar-refractivity contribution in [2.75, 3.05) is 19.6 Å². The molecule has 1 unspecified atom stereocenters. The molecule has 1 amide bonds. The van der Waals surface area contributed by atoms with E-state index in [0.29, 0.717) is 12.0 Å². The van der Waals surface area contributed by atoms with Crippen molar-refractivity contribution in [2.45, 2.75) is 26.3 Å². The Kier molecular flexibility index (Phi) is 4.81. The molecule has 3 nitrogen and oxygen atoms in total. The SMILES string of the molecule is CC(C)N1CCC(CNC(=O)c2ccc(Br)s2)C1. The van der Waals surface area contributed by atoms with E-state index in [1.807, 2.05) is 12.1 Å². The van der Waals surface area contributed by atoms with Crippen LogP contribution in [0.3, 0.4) is 0 Å². The second-order valence-electron chi connectivity index (χ2n) is 5.06. The molecule has 1 N–H and O–H groups in total. The summed E-state index contributed by atoms with van der Waals surface area (Å²) in [4.78, 5) is 15.1. The molecule has 0 spiro atoms. The molecular formula is C13H19BrN2OS. The molecule has 2 rings (SSSR count). The highest BCUT2D eigenvalue weighted by Crippen LogP contribution is 2.22. The Labute approximate surface area is 121 Å².